The molecule has 0 aliphatic rings. The van der Waals surface area contributed by atoms with E-state index in [2.05, 4.69) is 20.9 Å². The average molecular weight is 351 g/mol. The first-order valence-corrected chi connectivity index (χ1v) is 7.77. The second kappa shape index (κ2) is 5.03. The molecule has 0 saturated carbocycles. The minimum atomic E-state index is -0.939. The molecule has 0 unspecified atom stereocenters. The Labute approximate surface area is 127 Å². The summed E-state index contributed by atoms with van der Waals surface area (Å²) in [4.78, 5) is 16.7. The number of aryl methyl sites for hydroxylation is 1. The van der Waals surface area contributed by atoms with Crippen LogP contribution < -0.4 is 0 Å². The van der Waals surface area contributed by atoms with Gasteiger partial charge in [-0.3, -0.25) is 4.40 Å². The molecule has 2 aromatic heterocycles. The molecule has 0 fully saturated rings. The Morgan fingerprint density at radius 1 is 1.40 bits per heavy atom. The number of nitrogens with zero attached hydrogens (tertiary/aromatic N) is 2. The largest absolute Gasteiger partial charge is 0.477 e. The normalized spacial score (nSPS) is 11.1. The number of benzene rings is 1. The van der Waals surface area contributed by atoms with Crippen LogP contribution in [0.25, 0.3) is 16.2 Å². The van der Waals surface area contributed by atoms with Crippen molar-refractivity contribution in [2.75, 3.05) is 0 Å². The number of carboxylic acid groups (broad SMARTS) is 1. The number of thiazole rings is 1. The summed E-state index contributed by atoms with van der Waals surface area (Å²) in [6, 6.07) is 7.81. The summed E-state index contributed by atoms with van der Waals surface area (Å²) in [5, 5.41) is 11.4. The predicted molar refractivity (Wildman–Crippen MR) is 82.5 cm³/mol. The molecule has 0 spiro atoms. The number of fused-ring (bicyclic) bond motifs is 1. The van der Waals surface area contributed by atoms with Crippen LogP contribution in [0.2, 0.25) is 0 Å². The van der Waals surface area contributed by atoms with Gasteiger partial charge in [0, 0.05) is 9.85 Å². The molecule has 1 N–H and O–H groups in total. The Bertz CT molecular complexity index is 789. The molecule has 6 heteroatoms. The first kappa shape index (κ1) is 13.3. The van der Waals surface area contributed by atoms with Gasteiger partial charge in [-0.25, -0.2) is 9.78 Å². The smallest absolute Gasteiger partial charge is 0.354 e. The number of hydrogen-bond donors (Lipinski definition) is 1. The van der Waals surface area contributed by atoms with Crippen molar-refractivity contribution in [2.24, 2.45) is 0 Å². The second-order valence-electron chi connectivity index (χ2n) is 4.31. The van der Waals surface area contributed by atoms with E-state index in [0.29, 0.717) is 12.1 Å². The van der Waals surface area contributed by atoms with Crippen LogP contribution in [0.5, 0.6) is 0 Å². The lowest BCUT2D eigenvalue weighted by atomic mass is 10.1. The molecule has 0 amide bonds. The van der Waals surface area contributed by atoms with Crippen LogP contribution in [0.15, 0.2) is 34.1 Å². The zero-order chi connectivity index (χ0) is 14.3. The Balaban J connectivity index is 2.29. The molecule has 102 valence electrons. The molecule has 0 radical (unpaired) electrons. The van der Waals surface area contributed by atoms with Crippen LogP contribution in [0.4, 0.5) is 0 Å². The van der Waals surface area contributed by atoms with Gasteiger partial charge in [-0.1, -0.05) is 35.0 Å². The summed E-state index contributed by atoms with van der Waals surface area (Å²) >= 11 is 4.86. The summed E-state index contributed by atoms with van der Waals surface area (Å²) in [5.41, 5.74) is 2.73. The molecule has 20 heavy (non-hydrogen) atoms. The van der Waals surface area contributed by atoms with Crippen molar-refractivity contribution in [3.63, 3.8) is 0 Å². The van der Waals surface area contributed by atoms with Gasteiger partial charge in [0.15, 0.2) is 10.7 Å². The highest BCUT2D eigenvalue weighted by Crippen LogP contribution is 2.30. The van der Waals surface area contributed by atoms with Crippen molar-refractivity contribution in [2.45, 2.75) is 13.3 Å². The third-order valence-electron chi connectivity index (χ3n) is 3.11. The summed E-state index contributed by atoms with van der Waals surface area (Å²) in [5.74, 6) is -0.939. The molecular weight excluding hydrogens is 340 g/mol. The molecule has 0 aliphatic heterocycles. The zero-order valence-corrected chi connectivity index (χ0v) is 13.0. The van der Waals surface area contributed by atoms with Gasteiger partial charge in [0.2, 0.25) is 0 Å². The molecule has 4 nitrogen and oxygen atoms in total. The maximum Gasteiger partial charge on any atom is 0.354 e. The van der Waals surface area contributed by atoms with Crippen molar-refractivity contribution in [3.05, 3.63) is 45.5 Å². The maximum atomic E-state index is 11.5. The van der Waals surface area contributed by atoms with Gasteiger partial charge in [-0.05, 0) is 24.1 Å². The van der Waals surface area contributed by atoms with E-state index in [9.17, 15) is 9.90 Å². The minimum absolute atomic E-state index is 0.265. The van der Waals surface area contributed by atoms with Crippen LogP contribution >= 0.6 is 27.3 Å². The van der Waals surface area contributed by atoms with E-state index < -0.39 is 5.97 Å². The fourth-order valence-electron chi connectivity index (χ4n) is 2.19. The van der Waals surface area contributed by atoms with E-state index in [0.717, 1.165) is 20.7 Å². The number of rotatable bonds is 3. The van der Waals surface area contributed by atoms with E-state index >= 15 is 0 Å². The first-order valence-electron chi connectivity index (χ1n) is 6.10. The van der Waals surface area contributed by atoms with Gasteiger partial charge < -0.3 is 5.11 Å². The van der Waals surface area contributed by atoms with E-state index in [1.807, 2.05) is 36.6 Å². The molecule has 0 aliphatic carbocycles. The van der Waals surface area contributed by atoms with Crippen molar-refractivity contribution >= 4 is 38.2 Å². The quantitative estimate of drug-likeness (QED) is 0.773. The van der Waals surface area contributed by atoms with E-state index in [1.54, 1.807) is 4.40 Å². The van der Waals surface area contributed by atoms with Gasteiger partial charge in [-0.2, -0.15) is 0 Å². The van der Waals surface area contributed by atoms with Crippen molar-refractivity contribution in [1.29, 1.82) is 0 Å². The van der Waals surface area contributed by atoms with Crippen molar-refractivity contribution in [1.82, 2.24) is 9.38 Å². The van der Waals surface area contributed by atoms with E-state index in [1.165, 1.54) is 11.3 Å². The summed E-state index contributed by atoms with van der Waals surface area (Å²) in [7, 11) is 0. The molecular formula is C14H11BrN2O2S. The van der Waals surface area contributed by atoms with Crippen LogP contribution in [-0.4, -0.2) is 20.5 Å². The number of aromatic carboxylic acids is 1. The maximum absolute atomic E-state index is 11.5. The lowest BCUT2D eigenvalue weighted by Gasteiger charge is -2.03. The lowest BCUT2D eigenvalue weighted by molar-refractivity contribution is 0.0688. The molecule has 3 aromatic rings. The van der Waals surface area contributed by atoms with Crippen LogP contribution in [0.3, 0.4) is 0 Å². The molecule has 0 bridgehead atoms. The fraction of sp³-hybridized carbons (Fsp3) is 0.143. The van der Waals surface area contributed by atoms with E-state index in [4.69, 9.17) is 0 Å². The van der Waals surface area contributed by atoms with Gasteiger partial charge in [0.1, 0.15) is 0 Å². The van der Waals surface area contributed by atoms with Gasteiger partial charge in [0.25, 0.3) is 0 Å². The third kappa shape index (κ3) is 2.05. The monoisotopic (exact) mass is 350 g/mol. The van der Waals surface area contributed by atoms with Crippen molar-refractivity contribution < 1.29 is 9.90 Å². The van der Waals surface area contributed by atoms with Crippen LogP contribution in [-0.2, 0) is 6.42 Å². The molecule has 0 saturated heterocycles. The summed E-state index contributed by atoms with van der Waals surface area (Å²) in [6.07, 6.45) is 0.607. The number of halogens is 1. The van der Waals surface area contributed by atoms with Crippen molar-refractivity contribution in [3.8, 4) is 11.3 Å². The number of imidazole rings is 1. The Morgan fingerprint density at radius 2 is 2.10 bits per heavy atom. The first-order chi connectivity index (χ1) is 9.61. The number of hydrogen-bond acceptors (Lipinski definition) is 3. The highest BCUT2D eigenvalue weighted by atomic mass is 79.9. The lowest BCUT2D eigenvalue weighted by Crippen LogP contribution is -2.05. The Hall–Kier alpha value is -1.66. The topological polar surface area (TPSA) is 54.6 Å². The van der Waals surface area contributed by atoms with Crippen LogP contribution in [0, 0.1) is 0 Å². The average Bonchev–Trinajstić information content (AvgIpc) is 2.97. The van der Waals surface area contributed by atoms with Crippen LogP contribution in [0.1, 0.15) is 23.1 Å². The molecule has 0 atom stereocenters. The molecule has 2 heterocycles. The number of carboxylic acids is 1. The van der Waals surface area contributed by atoms with Gasteiger partial charge in [-0.15, -0.1) is 11.3 Å². The minimum Gasteiger partial charge on any atom is -0.477 e. The Kier molecular flexibility index (Phi) is 3.35. The van der Waals surface area contributed by atoms with Gasteiger partial charge in [0.05, 0.1) is 11.4 Å². The zero-order valence-electron chi connectivity index (χ0n) is 10.6. The van der Waals surface area contributed by atoms with E-state index in [-0.39, 0.29) is 5.69 Å². The van der Waals surface area contributed by atoms with Gasteiger partial charge >= 0.3 is 5.97 Å². The SMILES string of the molecule is CCc1nc2scc(-c3ccc(Br)cc3)n2c1C(=O)O. The predicted octanol–water partition coefficient (Wildman–Crippen LogP) is 4.09. The summed E-state index contributed by atoms with van der Waals surface area (Å²) < 4.78 is 2.72. The summed E-state index contributed by atoms with van der Waals surface area (Å²) in [6.45, 7) is 1.91. The third-order valence-corrected chi connectivity index (χ3v) is 4.47. The molecule has 3 rings (SSSR count). The Morgan fingerprint density at radius 3 is 2.70 bits per heavy atom. The standard InChI is InChI=1S/C14H11BrN2O2S/c1-2-10-12(13(18)19)17-11(7-20-14(17)16-10)8-3-5-9(15)6-4-8/h3-7H,2H2,1H3,(H,18,19). The fourth-order valence-corrected chi connectivity index (χ4v) is 3.37. The number of carbonyl (C=O) groups is 1. The highest BCUT2D eigenvalue weighted by Gasteiger charge is 2.21. The highest BCUT2D eigenvalue weighted by molar-refractivity contribution is 9.10. The number of aromatic nitrogens is 2. The molecule has 1 aromatic carbocycles. The second-order valence-corrected chi connectivity index (χ2v) is 6.06.